The van der Waals surface area contributed by atoms with Crippen LogP contribution < -0.4 is 5.32 Å². The fraction of sp³-hybridized carbons (Fsp3) is 0.941. The lowest BCUT2D eigenvalue weighted by atomic mass is 9.90. The molecule has 0 aromatic rings. The smallest absolute Gasteiger partial charge is 0.240 e. The van der Waals surface area contributed by atoms with Crippen molar-refractivity contribution in [2.75, 3.05) is 46.4 Å². The highest BCUT2D eigenvalue weighted by Crippen LogP contribution is 2.23. The minimum absolute atomic E-state index is 0.0366. The zero-order valence-electron chi connectivity index (χ0n) is 14.5. The average Bonchev–Trinajstić information content (AvgIpc) is 2.59. The normalized spacial score (nSPS) is 25.5. The predicted octanol–water partition coefficient (Wildman–Crippen LogP) is 1.33. The molecular formula is C17H33N3O2. The third kappa shape index (κ3) is 4.21. The Kier molecular flexibility index (Phi) is 7.12. The third-order valence-electron chi connectivity index (χ3n) is 5.33. The van der Waals surface area contributed by atoms with Gasteiger partial charge in [-0.3, -0.25) is 9.69 Å². The van der Waals surface area contributed by atoms with Crippen LogP contribution in [-0.4, -0.2) is 74.2 Å². The van der Waals surface area contributed by atoms with Crippen molar-refractivity contribution in [3.05, 3.63) is 0 Å². The second kappa shape index (κ2) is 8.85. The number of hydrogen-bond donors (Lipinski definition) is 1. The van der Waals surface area contributed by atoms with Crippen molar-refractivity contribution in [2.45, 2.75) is 51.6 Å². The fourth-order valence-corrected chi connectivity index (χ4v) is 3.85. The molecule has 2 atom stereocenters. The van der Waals surface area contributed by atoms with E-state index in [-0.39, 0.29) is 6.04 Å². The van der Waals surface area contributed by atoms with Crippen LogP contribution in [0.3, 0.4) is 0 Å². The molecule has 128 valence electrons. The molecule has 0 aromatic carbocycles. The van der Waals surface area contributed by atoms with Gasteiger partial charge in [0.1, 0.15) is 0 Å². The monoisotopic (exact) mass is 311 g/mol. The van der Waals surface area contributed by atoms with E-state index < -0.39 is 0 Å². The molecule has 2 saturated heterocycles. The van der Waals surface area contributed by atoms with E-state index in [4.69, 9.17) is 4.74 Å². The number of rotatable bonds is 6. The Hall–Kier alpha value is -0.650. The van der Waals surface area contributed by atoms with Crippen LogP contribution in [-0.2, 0) is 9.53 Å². The maximum Gasteiger partial charge on any atom is 0.240 e. The van der Waals surface area contributed by atoms with E-state index in [1.807, 2.05) is 7.05 Å². The minimum Gasteiger partial charge on any atom is -0.379 e. The van der Waals surface area contributed by atoms with Crippen molar-refractivity contribution in [3.8, 4) is 0 Å². The Morgan fingerprint density at radius 3 is 2.50 bits per heavy atom. The number of piperidine rings is 1. The van der Waals surface area contributed by atoms with Gasteiger partial charge in [-0.2, -0.15) is 0 Å². The number of morpholine rings is 1. The SMILES string of the molecule is CCC(CC)C(C(=O)N1CCCC(NC)C1)N1CCOCC1. The summed E-state index contributed by atoms with van der Waals surface area (Å²) in [6, 6.07) is 0.485. The largest absolute Gasteiger partial charge is 0.379 e. The Morgan fingerprint density at radius 2 is 1.91 bits per heavy atom. The van der Waals surface area contributed by atoms with Crippen LogP contribution in [0, 0.1) is 5.92 Å². The van der Waals surface area contributed by atoms with Gasteiger partial charge in [0.25, 0.3) is 0 Å². The lowest BCUT2D eigenvalue weighted by Crippen LogP contribution is -2.58. The first-order valence-electron chi connectivity index (χ1n) is 8.99. The molecule has 2 unspecified atom stereocenters. The highest BCUT2D eigenvalue weighted by atomic mass is 16.5. The summed E-state index contributed by atoms with van der Waals surface area (Å²) in [4.78, 5) is 17.7. The number of likely N-dealkylation sites (N-methyl/N-ethyl adjacent to an activating group) is 1. The number of carbonyl (C=O) groups excluding carboxylic acids is 1. The van der Waals surface area contributed by atoms with Gasteiger partial charge in [-0.25, -0.2) is 0 Å². The molecule has 1 amide bonds. The lowest BCUT2D eigenvalue weighted by Gasteiger charge is -2.42. The fourth-order valence-electron chi connectivity index (χ4n) is 3.85. The van der Waals surface area contributed by atoms with Gasteiger partial charge in [0.2, 0.25) is 5.91 Å². The molecule has 1 N–H and O–H groups in total. The first kappa shape index (κ1) is 17.7. The van der Waals surface area contributed by atoms with Gasteiger partial charge in [0, 0.05) is 32.2 Å². The summed E-state index contributed by atoms with van der Waals surface area (Å²) >= 11 is 0. The van der Waals surface area contributed by atoms with Crippen molar-refractivity contribution in [2.24, 2.45) is 5.92 Å². The second-order valence-corrected chi connectivity index (χ2v) is 6.58. The first-order chi connectivity index (χ1) is 10.7. The summed E-state index contributed by atoms with van der Waals surface area (Å²) in [5.41, 5.74) is 0. The van der Waals surface area contributed by atoms with Crippen molar-refractivity contribution >= 4 is 5.91 Å². The number of ether oxygens (including phenoxy) is 1. The Morgan fingerprint density at radius 1 is 1.23 bits per heavy atom. The molecule has 5 nitrogen and oxygen atoms in total. The minimum atomic E-state index is 0.0366. The van der Waals surface area contributed by atoms with Gasteiger partial charge in [0.15, 0.2) is 0 Å². The molecule has 0 aliphatic carbocycles. The van der Waals surface area contributed by atoms with Crippen LogP contribution in [0.25, 0.3) is 0 Å². The maximum absolute atomic E-state index is 13.2. The molecule has 5 heteroatoms. The van der Waals surface area contributed by atoms with E-state index >= 15 is 0 Å². The van der Waals surface area contributed by atoms with Crippen LogP contribution in [0.4, 0.5) is 0 Å². The molecule has 22 heavy (non-hydrogen) atoms. The van der Waals surface area contributed by atoms with Crippen LogP contribution in [0.2, 0.25) is 0 Å². The summed E-state index contributed by atoms with van der Waals surface area (Å²) < 4.78 is 5.48. The predicted molar refractivity (Wildman–Crippen MR) is 88.9 cm³/mol. The molecule has 0 bridgehead atoms. The number of carbonyl (C=O) groups is 1. The second-order valence-electron chi connectivity index (χ2n) is 6.58. The topological polar surface area (TPSA) is 44.8 Å². The zero-order valence-corrected chi connectivity index (χ0v) is 14.5. The zero-order chi connectivity index (χ0) is 15.9. The van der Waals surface area contributed by atoms with Gasteiger partial charge in [-0.05, 0) is 25.8 Å². The highest BCUT2D eigenvalue weighted by Gasteiger charge is 2.36. The molecule has 0 radical (unpaired) electrons. The van der Waals surface area contributed by atoms with E-state index in [9.17, 15) is 4.79 Å². The quantitative estimate of drug-likeness (QED) is 0.804. The van der Waals surface area contributed by atoms with Crippen LogP contribution in [0.1, 0.15) is 39.5 Å². The molecular weight excluding hydrogens is 278 g/mol. The van der Waals surface area contributed by atoms with Gasteiger partial charge in [-0.1, -0.05) is 26.7 Å². The molecule has 2 aliphatic heterocycles. The van der Waals surface area contributed by atoms with Crippen molar-refractivity contribution < 1.29 is 9.53 Å². The maximum atomic E-state index is 13.2. The van der Waals surface area contributed by atoms with Gasteiger partial charge in [0.05, 0.1) is 19.3 Å². The third-order valence-corrected chi connectivity index (χ3v) is 5.33. The van der Waals surface area contributed by atoms with E-state index in [2.05, 4.69) is 29.0 Å². The van der Waals surface area contributed by atoms with Crippen molar-refractivity contribution in [1.29, 1.82) is 0 Å². The Labute approximate surface area is 135 Å². The number of nitrogens with one attached hydrogen (secondary N) is 1. The van der Waals surface area contributed by atoms with Gasteiger partial charge in [-0.15, -0.1) is 0 Å². The van der Waals surface area contributed by atoms with E-state index in [1.54, 1.807) is 0 Å². The molecule has 0 aromatic heterocycles. The molecule has 2 fully saturated rings. The number of nitrogens with zero attached hydrogens (tertiary/aromatic N) is 2. The summed E-state index contributed by atoms with van der Waals surface area (Å²) in [5.74, 6) is 0.788. The van der Waals surface area contributed by atoms with Crippen LogP contribution in [0.5, 0.6) is 0 Å². The lowest BCUT2D eigenvalue weighted by molar-refractivity contribution is -0.143. The summed E-state index contributed by atoms with van der Waals surface area (Å²) in [5, 5.41) is 3.34. The standard InChI is InChI=1S/C17H33N3O2/c1-4-14(5-2)16(19-9-11-22-12-10-19)17(21)20-8-6-7-15(13-20)18-3/h14-16,18H,4-13H2,1-3H3. The van der Waals surface area contributed by atoms with Crippen molar-refractivity contribution in [1.82, 2.24) is 15.1 Å². The van der Waals surface area contributed by atoms with Gasteiger partial charge < -0.3 is 15.0 Å². The summed E-state index contributed by atoms with van der Waals surface area (Å²) in [6.07, 6.45) is 4.41. The molecule has 0 spiro atoms. The van der Waals surface area contributed by atoms with E-state index in [0.717, 1.165) is 58.7 Å². The summed E-state index contributed by atoms with van der Waals surface area (Å²) in [6.45, 7) is 9.47. The Bertz CT molecular complexity index is 341. The van der Waals surface area contributed by atoms with Crippen LogP contribution in [0.15, 0.2) is 0 Å². The number of amides is 1. The van der Waals surface area contributed by atoms with Crippen LogP contribution >= 0.6 is 0 Å². The average molecular weight is 311 g/mol. The molecule has 2 aliphatic rings. The Balaban J connectivity index is 2.10. The number of likely N-dealkylation sites (tertiary alicyclic amines) is 1. The highest BCUT2D eigenvalue weighted by molar-refractivity contribution is 5.82. The van der Waals surface area contributed by atoms with Crippen molar-refractivity contribution in [3.63, 3.8) is 0 Å². The first-order valence-corrected chi connectivity index (χ1v) is 8.99. The van der Waals surface area contributed by atoms with E-state index in [0.29, 0.717) is 17.9 Å². The molecule has 2 heterocycles. The van der Waals surface area contributed by atoms with Gasteiger partial charge >= 0.3 is 0 Å². The molecule has 0 saturated carbocycles. The molecule has 2 rings (SSSR count). The summed E-state index contributed by atoms with van der Waals surface area (Å²) in [7, 11) is 2.00. The number of hydrogen-bond acceptors (Lipinski definition) is 4. The van der Waals surface area contributed by atoms with E-state index in [1.165, 1.54) is 6.42 Å².